The van der Waals surface area contributed by atoms with Crippen LogP contribution in [0.3, 0.4) is 0 Å². The summed E-state index contributed by atoms with van der Waals surface area (Å²) in [5.41, 5.74) is 6.58. The summed E-state index contributed by atoms with van der Waals surface area (Å²) >= 11 is 0. The fourth-order valence-electron chi connectivity index (χ4n) is 7.11. The summed E-state index contributed by atoms with van der Waals surface area (Å²) in [5.74, 6) is -0.173. The average molecular weight is 628 g/mol. The van der Waals surface area contributed by atoms with Gasteiger partial charge in [0.15, 0.2) is 0 Å². The SMILES string of the molecule is CCCOc1cc(OC)ccc1/C=C1\C(=O)NC(=O)N(c2cc3c4c(c2)[C@H](c2ccccc2)CCN4CC[C@H]3c2ccccc2)C1=O. The molecule has 3 aliphatic rings. The molecule has 0 saturated carbocycles. The molecule has 1 N–H and O–H groups in total. The smallest absolute Gasteiger partial charge is 0.335 e. The first-order valence-electron chi connectivity index (χ1n) is 16.2. The number of barbiturate groups is 1. The van der Waals surface area contributed by atoms with Crippen molar-refractivity contribution in [3.8, 4) is 11.5 Å². The normalized spacial score (nSPS) is 19.8. The Morgan fingerprint density at radius 3 is 2.02 bits per heavy atom. The summed E-state index contributed by atoms with van der Waals surface area (Å²) in [6.45, 7) is 4.30. The number of ether oxygens (including phenoxy) is 2. The van der Waals surface area contributed by atoms with Crippen molar-refractivity contribution in [2.45, 2.75) is 38.0 Å². The van der Waals surface area contributed by atoms with Gasteiger partial charge >= 0.3 is 6.03 Å². The first-order chi connectivity index (χ1) is 23.0. The molecule has 3 aliphatic heterocycles. The van der Waals surface area contributed by atoms with Crippen LogP contribution in [0.5, 0.6) is 11.5 Å². The summed E-state index contributed by atoms with van der Waals surface area (Å²) in [6.07, 6.45) is 4.10. The lowest BCUT2D eigenvalue weighted by atomic mass is 9.76. The summed E-state index contributed by atoms with van der Waals surface area (Å²) in [7, 11) is 1.56. The molecule has 0 aliphatic carbocycles. The quantitative estimate of drug-likeness (QED) is 0.167. The maximum Gasteiger partial charge on any atom is 0.335 e. The molecule has 0 bridgehead atoms. The van der Waals surface area contributed by atoms with Crippen LogP contribution in [0.15, 0.2) is 96.6 Å². The Labute approximate surface area is 274 Å². The van der Waals surface area contributed by atoms with E-state index in [2.05, 4.69) is 34.5 Å². The number of anilines is 2. The lowest BCUT2D eigenvalue weighted by Gasteiger charge is -2.44. The number of methoxy groups -OCH3 is 1. The Balaban J connectivity index is 1.36. The van der Waals surface area contributed by atoms with Crippen molar-refractivity contribution in [3.63, 3.8) is 0 Å². The average Bonchev–Trinajstić information content (AvgIpc) is 3.10. The first kappa shape index (κ1) is 30.3. The summed E-state index contributed by atoms with van der Waals surface area (Å²) in [5, 5.41) is 2.42. The number of nitrogens with zero attached hydrogens (tertiary/aromatic N) is 2. The van der Waals surface area contributed by atoms with Gasteiger partial charge in [-0.3, -0.25) is 14.9 Å². The molecule has 8 heteroatoms. The predicted octanol–water partition coefficient (Wildman–Crippen LogP) is 7.03. The molecule has 4 aromatic carbocycles. The molecule has 1 saturated heterocycles. The topological polar surface area (TPSA) is 88.2 Å². The van der Waals surface area contributed by atoms with E-state index in [0.29, 0.717) is 29.4 Å². The molecule has 1 fully saturated rings. The Morgan fingerprint density at radius 1 is 0.830 bits per heavy atom. The lowest BCUT2D eigenvalue weighted by Crippen LogP contribution is -2.54. The fourth-order valence-corrected chi connectivity index (χ4v) is 7.11. The van der Waals surface area contributed by atoms with Crippen molar-refractivity contribution in [2.24, 2.45) is 0 Å². The number of urea groups is 1. The Kier molecular flexibility index (Phi) is 8.24. The van der Waals surface area contributed by atoms with E-state index in [0.717, 1.165) is 48.4 Å². The Bertz CT molecular complexity index is 1800. The van der Waals surface area contributed by atoms with E-state index in [-0.39, 0.29) is 17.4 Å². The highest BCUT2D eigenvalue weighted by Gasteiger charge is 2.40. The third-order valence-electron chi connectivity index (χ3n) is 9.34. The summed E-state index contributed by atoms with van der Waals surface area (Å²) < 4.78 is 11.3. The van der Waals surface area contributed by atoms with Crippen LogP contribution in [0.1, 0.15) is 65.8 Å². The van der Waals surface area contributed by atoms with Crippen LogP contribution in [0.2, 0.25) is 0 Å². The summed E-state index contributed by atoms with van der Waals surface area (Å²) in [4.78, 5) is 44.6. The van der Waals surface area contributed by atoms with E-state index in [9.17, 15) is 14.4 Å². The number of hydrogen-bond donors (Lipinski definition) is 1. The van der Waals surface area contributed by atoms with E-state index < -0.39 is 17.8 Å². The minimum atomic E-state index is -0.766. The van der Waals surface area contributed by atoms with Gasteiger partial charge in [-0.2, -0.15) is 0 Å². The second-order valence-corrected chi connectivity index (χ2v) is 12.2. The van der Waals surface area contributed by atoms with Gasteiger partial charge < -0.3 is 14.4 Å². The molecule has 0 unspecified atom stereocenters. The monoisotopic (exact) mass is 627 g/mol. The van der Waals surface area contributed by atoms with Gasteiger partial charge in [-0.25, -0.2) is 9.69 Å². The van der Waals surface area contributed by atoms with Gasteiger partial charge in [0.1, 0.15) is 17.1 Å². The van der Waals surface area contributed by atoms with Crippen molar-refractivity contribution in [3.05, 3.63) is 124 Å². The first-order valence-corrected chi connectivity index (χ1v) is 16.2. The largest absolute Gasteiger partial charge is 0.497 e. The third kappa shape index (κ3) is 5.65. The zero-order valence-corrected chi connectivity index (χ0v) is 26.6. The maximum atomic E-state index is 14.2. The minimum absolute atomic E-state index is 0.0906. The van der Waals surface area contributed by atoms with Crippen molar-refractivity contribution in [2.75, 3.05) is 36.6 Å². The van der Waals surface area contributed by atoms with Crippen LogP contribution in [0.25, 0.3) is 6.08 Å². The van der Waals surface area contributed by atoms with E-state index >= 15 is 0 Å². The maximum absolute atomic E-state index is 14.2. The van der Waals surface area contributed by atoms with Crippen LogP contribution in [-0.2, 0) is 9.59 Å². The lowest BCUT2D eigenvalue weighted by molar-refractivity contribution is -0.122. The second kappa shape index (κ2) is 12.8. The van der Waals surface area contributed by atoms with E-state index in [1.807, 2.05) is 55.5 Å². The van der Waals surface area contributed by atoms with Crippen molar-refractivity contribution < 1.29 is 23.9 Å². The van der Waals surface area contributed by atoms with Gasteiger partial charge in [0.2, 0.25) is 0 Å². The predicted molar refractivity (Wildman–Crippen MR) is 182 cm³/mol. The molecule has 0 radical (unpaired) electrons. The number of rotatable bonds is 8. The number of amides is 4. The molecular weight excluding hydrogens is 590 g/mol. The standard InChI is InChI=1S/C39H37N3O5/c1-3-20-47-35-24-29(46-2)15-14-27(35)21-34-37(43)40-39(45)42(38(34)44)28-22-32-30(25-10-6-4-7-11-25)16-18-41-19-17-31(33(23-28)36(32)41)26-12-8-5-9-13-26/h4-15,21-24,30-31H,3,16-20H2,1-2H3,(H,40,43,45)/b34-21+/t30-,31-/m0/s1. The van der Waals surface area contributed by atoms with Crippen LogP contribution >= 0.6 is 0 Å². The number of hydrogen-bond acceptors (Lipinski definition) is 6. The van der Waals surface area contributed by atoms with Crippen LogP contribution in [0.4, 0.5) is 16.2 Å². The van der Waals surface area contributed by atoms with Gasteiger partial charge in [0.05, 0.1) is 19.4 Å². The van der Waals surface area contributed by atoms with Gasteiger partial charge in [0, 0.05) is 42.2 Å². The third-order valence-corrected chi connectivity index (χ3v) is 9.34. The molecule has 47 heavy (non-hydrogen) atoms. The Morgan fingerprint density at radius 2 is 1.45 bits per heavy atom. The molecular formula is C39H37N3O5. The van der Waals surface area contributed by atoms with Gasteiger partial charge in [0.25, 0.3) is 11.8 Å². The van der Waals surface area contributed by atoms with Crippen molar-refractivity contribution in [1.29, 1.82) is 0 Å². The van der Waals surface area contributed by atoms with Gasteiger partial charge in [-0.15, -0.1) is 0 Å². The molecule has 3 heterocycles. The number of benzene rings is 4. The molecule has 7 rings (SSSR count). The summed E-state index contributed by atoms with van der Waals surface area (Å²) in [6, 6.07) is 29.2. The molecule has 8 nitrogen and oxygen atoms in total. The molecule has 4 aromatic rings. The zero-order valence-electron chi connectivity index (χ0n) is 26.6. The molecule has 2 atom stereocenters. The molecule has 0 spiro atoms. The highest BCUT2D eigenvalue weighted by atomic mass is 16.5. The highest BCUT2D eigenvalue weighted by Crippen LogP contribution is 2.50. The number of carbonyl (C=O) groups excluding carboxylic acids is 3. The molecule has 238 valence electrons. The van der Waals surface area contributed by atoms with Crippen LogP contribution in [0, 0.1) is 0 Å². The molecule has 4 amide bonds. The second-order valence-electron chi connectivity index (χ2n) is 12.2. The number of imide groups is 2. The van der Waals surface area contributed by atoms with Crippen molar-refractivity contribution >= 4 is 35.3 Å². The Hall–Kier alpha value is -5.37. The zero-order chi connectivity index (χ0) is 32.5. The fraction of sp³-hybridized carbons (Fsp3) is 0.256. The van der Waals surface area contributed by atoms with E-state index in [4.69, 9.17) is 9.47 Å². The van der Waals surface area contributed by atoms with Crippen molar-refractivity contribution in [1.82, 2.24) is 5.32 Å². The van der Waals surface area contributed by atoms with Crippen LogP contribution in [-0.4, -0.2) is 44.7 Å². The number of carbonyl (C=O) groups is 3. The molecule has 0 aromatic heterocycles. The van der Waals surface area contributed by atoms with E-state index in [1.165, 1.54) is 22.9 Å². The van der Waals surface area contributed by atoms with E-state index in [1.54, 1.807) is 25.3 Å². The van der Waals surface area contributed by atoms with Crippen LogP contribution < -0.4 is 24.6 Å². The van der Waals surface area contributed by atoms with Gasteiger partial charge in [-0.1, -0.05) is 67.6 Å². The minimum Gasteiger partial charge on any atom is -0.497 e. The number of nitrogens with one attached hydrogen (secondary N) is 1. The van der Waals surface area contributed by atoms with Gasteiger partial charge in [-0.05, 0) is 71.9 Å². The highest BCUT2D eigenvalue weighted by molar-refractivity contribution is 6.39.